The Balaban J connectivity index is 1.70. The largest absolute Gasteiger partial charge is 0.462 e. The van der Waals surface area contributed by atoms with Gasteiger partial charge in [0.2, 0.25) is 0 Å². The van der Waals surface area contributed by atoms with Gasteiger partial charge in [-0.05, 0) is 32.3 Å². The highest BCUT2D eigenvalue weighted by atomic mass is 32.1. The lowest BCUT2D eigenvalue weighted by molar-refractivity contribution is -0.142. The van der Waals surface area contributed by atoms with Gasteiger partial charge in [-0.3, -0.25) is 14.9 Å². The fraction of sp³-hybridized carbons (Fsp3) is 0.400. The van der Waals surface area contributed by atoms with E-state index >= 15 is 0 Å². The minimum absolute atomic E-state index is 0.0228. The monoisotopic (exact) mass is 320 g/mol. The summed E-state index contributed by atoms with van der Waals surface area (Å²) in [5.41, 5.74) is 1.53. The molecule has 0 radical (unpaired) electrons. The molecule has 2 heterocycles. The highest BCUT2D eigenvalue weighted by Crippen LogP contribution is 2.30. The van der Waals surface area contributed by atoms with Crippen molar-refractivity contribution in [2.75, 3.05) is 5.32 Å². The molecule has 0 unspecified atom stereocenters. The summed E-state index contributed by atoms with van der Waals surface area (Å²) < 4.78 is 10.3. The molecule has 1 aliphatic rings. The van der Waals surface area contributed by atoms with E-state index in [0.717, 1.165) is 25.0 Å². The number of nitrogens with zero attached hydrogens (tertiary/aromatic N) is 1. The van der Waals surface area contributed by atoms with Gasteiger partial charge in [0.05, 0.1) is 11.3 Å². The molecule has 22 heavy (non-hydrogen) atoms. The van der Waals surface area contributed by atoms with Gasteiger partial charge in [0, 0.05) is 11.8 Å². The number of hydrogen-bond acceptors (Lipinski definition) is 6. The van der Waals surface area contributed by atoms with Crippen LogP contribution in [0.1, 0.15) is 45.8 Å². The number of nitrogens with one attached hydrogen (secondary N) is 1. The van der Waals surface area contributed by atoms with Crippen molar-refractivity contribution >= 4 is 28.3 Å². The fourth-order valence-electron chi connectivity index (χ4n) is 2.42. The zero-order valence-corrected chi connectivity index (χ0v) is 13.2. The van der Waals surface area contributed by atoms with Crippen molar-refractivity contribution in [1.82, 2.24) is 4.98 Å². The molecule has 116 valence electrons. The van der Waals surface area contributed by atoms with Gasteiger partial charge in [-0.1, -0.05) is 0 Å². The third-order valence-electron chi connectivity index (χ3n) is 3.45. The molecule has 2 aromatic rings. The Morgan fingerprint density at radius 2 is 2.27 bits per heavy atom. The van der Waals surface area contributed by atoms with E-state index in [2.05, 4.69) is 10.3 Å². The second-order valence-corrected chi connectivity index (χ2v) is 6.24. The molecule has 7 heteroatoms. The molecule has 1 aliphatic carbocycles. The predicted molar refractivity (Wildman–Crippen MR) is 81.0 cm³/mol. The minimum Gasteiger partial charge on any atom is -0.462 e. The molecule has 0 aromatic carbocycles. The Hall–Kier alpha value is -2.15. The van der Waals surface area contributed by atoms with Crippen LogP contribution in [0.5, 0.6) is 0 Å². The summed E-state index contributed by atoms with van der Waals surface area (Å²) >= 11 is 1.53. The first kappa shape index (κ1) is 14.8. The van der Waals surface area contributed by atoms with Crippen LogP contribution in [0.15, 0.2) is 10.5 Å². The molecule has 0 bridgehead atoms. The number of furan rings is 1. The number of aromatic nitrogens is 1. The maximum absolute atomic E-state index is 12.3. The predicted octanol–water partition coefficient (Wildman–Crippen LogP) is 2.85. The van der Waals surface area contributed by atoms with Crippen LogP contribution < -0.4 is 5.32 Å². The summed E-state index contributed by atoms with van der Waals surface area (Å²) in [6.07, 6.45) is 3.17. The molecule has 1 amide bonds. The van der Waals surface area contributed by atoms with Crippen LogP contribution in [-0.2, 0) is 29.0 Å². The Morgan fingerprint density at radius 1 is 1.45 bits per heavy atom. The smallest absolute Gasteiger partial charge is 0.303 e. The first-order valence-corrected chi connectivity index (χ1v) is 7.87. The number of aryl methyl sites for hydroxylation is 3. The van der Waals surface area contributed by atoms with Crippen molar-refractivity contribution in [3.05, 3.63) is 33.7 Å². The van der Waals surface area contributed by atoms with Crippen molar-refractivity contribution in [2.45, 2.75) is 39.7 Å². The average molecular weight is 320 g/mol. The molecular formula is C15H16N2O4S. The van der Waals surface area contributed by atoms with E-state index in [1.54, 1.807) is 13.0 Å². The Bertz CT molecular complexity index is 710. The molecule has 0 spiro atoms. The number of thiazole rings is 1. The summed E-state index contributed by atoms with van der Waals surface area (Å²) in [5.74, 6) is 0.281. The minimum atomic E-state index is -0.391. The van der Waals surface area contributed by atoms with Crippen LogP contribution in [-0.4, -0.2) is 16.9 Å². The Morgan fingerprint density at radius 3 is 3.00 bits per heavy atom. The number of rotatable bonds is 4. The summed E-state index contributed by atoms with van der Waals surface area (Å²) in [6, 6.07) is 1.59. The van der Waals surface area contributed by atoms with E-state index in [4.69, 9.17) is 9.15 Å². The van der Waals surface area contributed by atoms with E-state index in [1.165, 1.54) is 23.1 Å². The number of amides is 1. The lowest BCUT2D eigenvalue weighted by atomic mass is 10.2. The number of ether oxygens (including phenoxy) is 1. The van der Waals surface area contributed by atoms with Crippen molar-refractivity contribution in [3.63, 3.8) is 0 Å². The fourth-order valence-corrected chi connectivity index (χ4v) is 3.47. The molecule has 0 fully saturated rings. The van der Waals surface area contributed by atoms with Gasteiger partial charge >= 0.3 is 5.97 Å². The third kappa shape index (κ3) is 3.04. The van der Waals surface area contributed by atoms with Gasteiger partial charge in [-0.2, -0.15) is 0 Å². The van der Waals surface area contributed by atoms with Gasteiger partial charge < -0.3 is 9.15 Å². The van der Waals surface area contributed by atoms with Gasteiger partial charge in [0.15, 0.2) is 5.13 Å². The number of carbonyl (C=O) groups is 2. The normalized spacial score (nSPS) is 13.0. The highest BCUT2D eigenvalue weighted by Gasteiger charge is 2.20. The Labute approximate surface area is 131 Å². The van der Waals surface area contributed by atoms with Gasteiger partial charge in [-0.25, -0.2) is 4.98 Å². The van der Waals surface area contributed by atoms with Crippen LogP contribution in [0.4, 0.5) is 5.13 Å². The topological polar surface area (TPSA) is 81.4 Å². The van der Waals surface area contributed by atoms with Gasteiger partial charge in [0.1, 0.15) is 18.1 Å². The second kappa shape index (κ2) is 5.92. The van der Waals surface area contributed by atoms with E-state index in [1.807, 2.05) is 0 Å². The Kier molecular flexibility index (Phi) is 3.98. The highest BCUT2D eigenvalue weighted by molar-refractivity contribution is 7.16. The quantitative estimate of drug-likeness (QED) is 0.876. The van der Waals surface area contributed by atoms with Gasteiger partial charge in [0.25, 0.3) is 5.91 Å². The number of fused-ring (bicyclic) bond motifs is 1. The second-order valence-electron chi connectivity index (χ2n) is 5.16. The van der Waals surface area contributed by atoms with Crippen molar-refractivity contribution < 1.29 is 18.7 Å². The SMILES string of the molecule is CC(=O)OCc1cc(C(=O)Nc2nc3c(s2)CCC3)c(C)o1. The maximum Gasteiger partial charge on any atom is 0.303 e. The summed E-state index contributed by atoms with van der Waals surface area (Å²) in [6.45, 7) is 3.05. The summed E-state index contributed by atoms with van der Waals surface area (Å²) in [5, 5.41) is 3.43. The molecule has 0 saturated heterocycles. The van der Waals surface area contributed by atoms with E-state index in [0.29, 0.717) is 22.2 Å². The molecule has 3 rings (SSSR count). The van der Waals surface area contributed by atoms with Crippen LogP contribution >= 0.6 is 11.3 Å². The van der Waals surface area contributed by atoms with Crippen LogP contribution in [0.2, 0.25) is 0 Å². The number of esters is 1. The first-order valence-electron chi connectivity index (χ1n) is 7.05. The average Bonchev–Trinajstić information content (AvgIpc) is 3.10. The van der Waals surface area contributed by atoms with Crippen LogP contribution in [0, 0.1) is 6.92 Å². The van der Waals surface area contributed by atoms with Gasteiger partial charge in [-0.15, -0.1) is 11.3 Å². The third-order valence-corrected chi connectivity index (χ3v) is 4.52. The van der Waals surface area contributed by atoms with E-state index in [9.17, 15) is 9.59 Å². The van der Waals surface area contributed by atoms with Crippen molar-refractivity contribution in [3.8, 4) is 0 Å². The first-order chi connectivity index (χ1) is 10.5. The van der Waals surface area contributed by atoms with E-state index in [-0.39, 0.29) is 12.5 Å². The van der Waals surface area contributed by atoms with Crippen molar-refractivity contribution in [2.24, 2.45) is 0 Å². The van der Waals surface area contributed by atoms with Crippen LogP contribution in [0.3, 0.4) is 0 Å². The van der Waals surface area contributed by atoms with Crippen LogP contribution in [0.25, 0.3) is 0 Å². The lowest BCUT2D eigenvalue weighted by Gasteiger charge is -1.99. The zero-order valence-electron chi connectivity index (χ0n) is 12.4. The molecule has 6 nitrogen and oxygen atoms in total. The molecule has 0 atom stereocenters. The van der Waals surface area contributed by atoms with Crippen molar-refractivity contribution in [1.29, 1.82) is 0 Å². The van der Waals surface area contributed by atoms with E-state index < -0.39 is 5.97 Å². The number of carbonyl (C=O) groups excluding carboxylic acids is 2. The molecule has 2 aromatic heterocycles. The maximum atomic E-state index is 12.3. The number of hydrogen-bond donors (Lipinski definition) is 1. The number of anilines is 1. The molecule has 0 aliphatic heterocycles. The zero-order chi connectivity index (χ0) is 15.7. The molecular weight excluding hydrogens is 304 g/mol. The molecule has 1 N–H and O–H groups in total. The molecule has 0 saturated carbocycles. The standard InChI is InChI=1S/C15H16N2O4S/c1-8-11(6-10(21-8)7-20-9(2)18)14(19)17-15-16-12-4-3-5-13(12)22-15/h6H,3-5,7H2,1-2H3,(H,16,17,19). The summed E-state index contributed by atoms with van der Waals surface area (Å²) in [4.78, 5) is 28.8. The summed E-state index contributed by atoms with van der Waals surface area (Å²) in [7, 11) is 0. The lowest BCUT2D eigenvalue weighted by Crippen LogP contribution is -2.12.